The first-order valence-corrected chi connectivity index (χ1v) is 6.65. The van der Waals surface area contributed by atoms with Gasteiger partial charge in [-0.1, -0.05) is 25.9 Å². The third-order valence-corrected chi connectivity index (χ3v) is 2.58. The number of hydrogen-bond acceptors (Lipinski definition) is 6. The molecule has 0 spiro atoms. The second-order valence-electron chi connectivity index (χ2n) is 4.99. The van der Waals surface area contributed by atoms with E-state index in [1.165, 1.54) is 7.11 Å². The molecule has 1 aromatic rings. The van der Waals surface area contributed by atoms with Gasteiger partial charge in [-0.05, 0) is 18.9 Å². The maximum Gasteiger partial charge on any atom is 0.319 e. The predicted molar refractivity (Wildman–Crippen MR) is 70.4 cm³/mol. The molecule has 6 heteroatoms. The molecule has 0 N–H and O–H groups in total. The maximum atomic E-state index is 11.3. The minimum Gasteiger partial charge on any atom is -0.468 e. The van der Waals surface area contributed by atoms with Gasteiger partial charge in [-0.3, -0.25) is 9.69 Å². The van der Waals surface area contributed by atoms with Gasteiger partial charge in [-0.25, -0.2) is 0 Å². The van der Waals surface area contributed by atoms with E-state index in [0.29, 0.717) is 24.2 Å². The van der Waals surface area contributed by atoms with Gasteiger partial charge in [-0.15, -0.1) is 0 Å². The molecule has 0 aliphatic carbocycles. The Morgan fingerprint density at radius 1 is 1.47 bits per heavy atom. The summed E-state index contributed by atoms with van der Waals surface area (Å²) >= 11 is 0. The molecule has 0 fully saturated rings. The molecule has 0 saturated carbocycles. The largest absolute Gasteiger partial charge is 0.468 e. The molecule has 19 heavy (non-hydrogen) atoms. The molecular formula is C13H23N3O3. The Kier molecular flexibility index (Phi) is 6.49. The number of rotatable bonds is 8. The molecular weight excluding hydrogens is 246 g/mol. The van der Waals surface area contributed by atoms with Gasteiger partial charge in [0.15, 0.2) is 5.82 Å². The number of esters is 1. The number of aromatic nitrogens is 2. The highest BCUT2D eigenvalue weighted by molar-refractivity contribution is 5.71. The van der Waals surface area contributed by atoms with Crippen molar-refractivity contribution in [3.8, 4) is 0 Å². The van der Waals surface area contributed by atoms with E-state index in [4.69, 9.17) is 4.52 Å². The summed E-state index contributed by atoms with van der Waals surface area (Å²) in [6, 6.07) is 0. The lowest BCUT2D eigenvalue weighted by Gasteiger charge is -2.17. The number of nitrogens with zero attached hydrogens (tertiary/aromatic N) is 3. The van der Waals surface area contributed by atoms with Crippen molar-refractivity contribution in [3.63, 3.8) is 0 Å². The van der Waals surface area contributed by atoms with Crippen molar-refractivity contribution in [2.45, 2.75) is 40.2 Å². The van der Waals surface area contributed by atoms with E-state index in [1.54, 1.807) is 0 Å². The normalized spacial score (nSPS) is 11.3. The minimum absolute atomic E-state index is 0.248. The molecule has 0 saturated heterocycles. The van der Waals surface area contributed by atoms with Crippen molar-refractivity contribution < 1.29 is 14.1 Å². The molecule has 0 atom stereocenters. The zero-order chi connectivity index (χ0) is 14.3. The molecule has 0 aromatic carbocycles. The molecule has 0 unspecified atom stereocenters. The van der Waals surface area contributed by atoms with Crippen LogP contribution in [0.2, 0.25) is 0 Å². The summed E-state index contributed by atoms with van der Waals surface area (Å²) in [5, 5.41) is 3.94. The molecule has 1 rings (SSSR count). The quantitative estimate of drug-likeness (QED) is 0.668. The zero-order valence-corrected chi connectivity index (χ0v) is 12.2. The van der Waals surface area contributed by atoms with Crippen LogP contribution in [0, 0.1) is 5.92 Å². The van der Waals surface area contributed by atoms with Gasteiger partial charge in [0.25, 0.3) is 0 Å². The molecule has 0 aliphatic heterocycles. The van der Waals surface area contributed by atoms with Gasteiger partial charge in [-0.2, -0.15) is 4.98 Å². The second-order valence-corrected chi connectivity index (χ2v) is 4.99. The molecule has 1 aromatic heterocycles. The van der Waals surface area contributed by atoms with Crippen molar-refractivity contribution in [2.24, 2.45) is 5.92 Å². The third kappa shape index (κ3) is 5.83. The fraction of sp³-hybridized carbons (Fsp3) is 0.769. The average Bonchev–Trinajstić information content (AvgIpc) is 2.75. The van der Waals surface area contributed by atoms with Gasteiger partial charge < -0.3 is 9.26 Å². The third-order valence-electron chi connectivity index (χ3n) is 2.58. The van der Waals surface area contributed by atoms with Crippen molar-refractivity contribution in [1.29, 1.82) is 0 Å². The summed E-state index contributed by atoms with van der Waals surface area (Å²) in [5.74, 6) is 1.50. The van der Waals surface area contributed by atoms with E-state index in [2.05, 4.69) is 35.6 Å². The van der Waals surface area contributed by atoms with Crippen LogP contribution in [0.4, 0.5) is 0 Å². The Bertz CT molecular complexity index is 390. The summed E-state index contributed by atoms with van der Waals surface area (Å²) in [6.07, 6.45) is 1.73. The van der Waals surface area contributed by atoms with Crippen molar-refractivity contribution in [2.75, 3.05) is 20.2 Å². The summed E-state index contributed by atoms with van der Waals surface area (Å²) in [4.78, 5) is 17.6. The molecule has 108 valence electrons. The standard InChI is InChI=1S/C13H23N3O3/c1-5-6-16(9-13(17)18-4)8-11-14-12(19-15-11)7-10(2)3/h10H,5-9H2,1-4H3. The Morgan fingerprint density at radius 2 is 2.21 bits per heavy atom. The second kappa shape index (κ2) is 7.89. The highest BCUT2D eigenvalue weighted by atomic mass is 16.5. The van der Waals surface area contributed by atoms with Crippen LogP contribution in [0.25, 0.3) is 0 Å². The number of ether oxygens (including phenoxy) is 1. The van der Waals surface area contributed by atoms with Crippen molar-refractivity contribution >= 4 is 5.97 Å². The Balaban J connectivity index is 2.57. The van der Waals surface area contributed by atoms with Gasteiger partial charge in [0.1, 0.15) is 0 Å². The van der Waals surface area contributed by atoms with Crippen LogP contribution in [0.3, 0.4) is 0 Å². The van der Waals surface area contributed by atoms with Crippen LogP contribution in [0.1, 0.15) is 38.9 Å². The molecule has 0 radical (unpaired) electrons. The maximum absolute atomic E-state index is 11.3. The monoisotopic (exact) mass is 269 g/mol. The van der Waals surface area contributed by atoms with E-state index in [0.717, 1.165) is 19.4 Å². The average molecular weight is 269 g/mol. The summed E-state index contributed by atoms with van der Waals surface area (Å²) in [6.45, 7) is 7.81. The van der Waals surface area contributed by atoms with Crippen LogP contribution >= 0.6 is 0 Å². The highest BCUT2D eigenvalue weighted by Gasteiger charge is 2.15. The molecule has 6 nitrogen and oxygen atoms in total. The molecule has 0 bridgehead atoms. The number of methoxy groups -OCH3 is 1. The minimum atomic E-state index is -0.251. The SMILES string of the molecule is CCCN(CC(=O)OC)Cc1noc(CC(C)C)n1. The van der Waals surface area contributed by atoms with Crippen LogP contribution in [-0.2, 0) is 22.5 Å². The lowest BCUT2D eigenvalue weighted by atomic mass is 10.1. The van der Waals surface area contributed by atoms with Gasteiger partial charge in [0.05, 0.1) is 20.2 Å². The van der Waals surface area contributed by atoms with Crippen LogP contribution in [0.15, 0.2) is 4.52 Å². The van der Waals surface area contributed by atoms with Crippen LogP contribution < -0.4 is 0 Å². The lowest BCUT2D eigenvalue weighted by molar-refractivity contribution is -0.142. The van der Waals surface area contributed by atoms with E-state index >= 15 is 0 Å². The van der Waals surface area contributed by atoms with Gasteiger partial charge in [0, 0.05) is 6.42 Å². The summed E-state index contributed by atoms with van der Waals surface area (Å²) in [5.41, 5.74) is 0. The molecule has 1 heterocycles. The highest BCUT2D eigenvalue weighted by Crippen LogP contribution is 2.07. The van der Waals surface area contributed by atoms with Gasteiger partial charge >= 0.3 is 5.97 Å². The summed E-state index contributed by atoms with van der Waals surface area (Å²) < 4.78 is 9.86. The lowest BCUT2D eigenvalue weighted by Crippen LogP contribution is -2.31. The first kappa shape index (κ1) is 15.6. The predicted octanol–water partition coefficient (Wildman–Crippen LogP) is 1.65. The fourth-order valence-electron chi connectivity index (χ4n) is 1.76. The van der Waals surface area contributed by atoms with Crippen LogP contribution in [0.5, 0.6) is 0 Å². The van der Waals surface area contributed by atoms with E-state index in [1.807, 2.05) is 4.90 Å². The number of carbonyl (C=O) groups is 1. The summed E-state index contributed by atoms with van der Waals surface area (Å²) in [7, 11) is 1.39. The Morgan fingerprint density at radius 3 is 2.79 bits per heavy atom. The first-order valence-electron chi connectivity index (χ1n) is 6.65. The number of carbonyl (C=O) groups excluding carboxylic acids is 1. The van der Waals surface area contributed by atoms with E-state index < -0.39 is 0 Å². The smallest absolute Gasteiger partial charge is 0.319 e. The van der Waals surface area contributed by atoms with Crippen LogP contribution in [-0.4, -0.2) is 41.2 Å². The van der Waals surface area contributed by atoms with E-state index in [9.17, 15) is 4.79 Å². The number of hydrogen-bond donors (Lipinski definition) is 0. The Hall–Kier alpha value is -1.43. The van der Waals surface area contributed by atoms with E-state index in [-0.39, 0.29) is 12.5 Å². The zero-order valence-electron chi connectivity index (χ0n) is 12.2. The van der Waals surface area contributed by atoms with Crippen molar-refractivity contribution in [3.05, 3.63) is 11.7 Å². The molecule has 0 aliphatic rings. The Labute approximate surface area is 114 Å². The first-order chi connectivity index (χ1) is 9.05. The van der Waals surface area contributed by atoms with Crippen molar-refractivity contribution in [1.82, 2.24) is 15.0 Å². The topological polar surface area (TPSA) is 68.5 Å². The fourth-order valence-corrected chi connectivity index (χ4v) is 1.76. The van der Waals surface area contributed by atoms with Gasteiger partial charge in [0.2, 0.25) is 5.89 Å². The molecule has 0 amide bonds.